The smallest absolute Gasteiger partial charge is 0.325 e. The Morgan fingerprint density at radius 1 is 1.47 bits per heavy atom. The number of aliphatic carboxylic acids is 1. The number of carboxylic acid groups (broad SMARTS) is 1. The number of rotatable bonds is 3. The van der Waals surface area contributed by atoms with Crippen LogP contribution < -0.4 is 0 Å². The molecule has 2 N–H and O–H groups in total. The fraction of sp³-hybridized carbons (Fsp3) is 0.533. The summed E-state index contributed by atoms with van der Waals surface area (Å²) in [6.45, 7) is 5.58. The summed E-state index contributed by atoms with van der Waals surface area (Å²) in [5.74, 6) is -0.325. The van der Waals surface area contributed by atoms with E-state index in [0.29, 0.717) is 11.5 Å². The predicted octanol–water partition coefficient (Wildman–Crippen LogP) is 2.56. The monoisotopic (exact) mass is 263 g/mol. The first-order valence-electron chi connectivity index (χ1n) is 6.75. The van der Waals surface area contributed by atoms with E-state index in [4.69, 9.17) is 0 Å². The summed E-state index contributed by atoms with van der Waals surface area (Å²) in [6.07, 6.45) is 2.15. The van der Waals surface area contributed by atoms with Crippen molar-refractivity contribution in [2.75, 3.05) is 13.1 Å². The van der Waals surface area contributed by atoms with Gasteiger partial charge in [-0.3, -0.25) is 9.69 Å². The van der Waals surface area contributed by atoms with Crippen LogP contribution in [0.15, 0.2) is 18.2 Å². The predicted molar refractivity (Wildman–Crippen MR) is 73.2 cm³/mol. The van der Waals surface area contributed by atoms with Crippen LogP contribution >= 0.6 is 0 Å². The molecule has 19 heavy (non-hydrogen) atoms. The fourth-order valence-corrected chi connectivity index (χ4v) is 2.84. The Kier molecular flexibility index (Phi) is 4.10. The van der Waals surface area contributed by atoms with Gasteiger partial charge in [-0.2, -0.15) is 0 Å². The number of piperidine rings is 1. The lowest BCUT2D eigenvalue weighted by molar-refractivity contribution is -0.144. The van der Waals surface area contributed by atoms with Crippen molar-refractivity contribution in [3.63, 3.8) is 0 Å². The molecule has 104 valence electrons. The number of likely N-dealkylation sites (tertiary alicyclic amines) is 1. The van der Waals surface area contributed by atoms with Crippen molar-refractivity contribution in [2.45, 2.75) is 32.7 Å². The highest BCUT2D eigenvalue weighted by Crippen LogP contribution is 2.32. The topological polar surface area (TPSA) is 60.8 Å². The maximum atomic E-state index is 11.6. The minimum Gasteiger partial charge on any atom is -0.508 e. The molecule has 4 nitrogen and oxygen atoms in total. The zero-order valence-electron chi connectivity index (χ0n) is 11.5. The van der Waals surface area contributed by atoms with Gasteiger partial charge in [-0.25, -0.2) is 0 Å². The van der Waals surface area contributed by atoms with Gasteiger partial charge in [0.1, 0.15) is 11.8 Å². The molecule has 2 unspecified atom stereocenters. The molecule has 0 aliphatic carbocycles. The first kappa shape index (κ1) is 13.9. The Labute approximate surface area is 113 Å². The molecular weight excluding hydrogens is 242 g/mol. The van der Waals surface area contributed by atoms with Gasteiger partial charge in [0.25, 0.3) is 0 Å². The van der Waals surface area contributed by atoms with Gasteiger partial charge in [-0.1, -0.05) is 24.6 Å². The number of carbonyl (C=O) groups is 1. The zero-order chi connectivity index (χ0) is 14.0. The first-order valence-corrected chi connectivity index (χ1v) is 6.75. The highest BCUT2D eigenvalue weighted by atomic mass is 16.4. The molecule has 0 bridgehead atoms. The molecule has 2 atom stereocenters. The molecular formula is C15H21NO3. The SMILES string of the molecule is Cc1ccc(O)c(C(C(=O)O)N2CCCC(C)C2)c1. The van der Waals surface area contributed by atoms with Gasteiger partial charge in [-0.15, -0.1) is 0 Å². The van der Waals surface area contributed by atoms with Crippen LogP contribution in [-0.2, 0) is 4.79 Å². The molecule has 1 aliphatic heterocycles. The second kappa shape index (κ2) is 5.61. The summed E-state index contributed by atoms with van der Waals surface area (Å²) in [5.41, 5.74) is 1.46. The Morgan fingerprint density at radius 3 is 2.84 bits per heavy atom. The third-order valence-corrected chi connectivity index (χ3v) is 3.77. The van der Waals surface area contributed by atoms with E-state index in [-0.39, 0.29) is 5.75 Å². The van der Waals surface area contributed by atoms with E-state index < -0.39 is 12.0 Å². The summed E-state index contributed by atoms with van der Waals surface area (Å²) in [5, 5.41) is 19.5. The van der Waals surface area contributed by atoms with Gasteiger partial charge >= 0.3 is 5.97 Å². The van der Waals surface area contributed by atoms with Gasteiger partial charge < -0.3 is 10.2 Å². The van der Waals surface area contributed by atoms with Gasteiger partial charge in [0.15, 0.2) is 0 Å². The molecule has 1 aromatic rings. The summed E-state index contributed by atoms with van der Waals surface area (Å²) < 4.78 is 0. The van der Waals surface area contributed by atoms with Crippen molar-refractivity contribution >= 4 is 5.97 Å². The van der Waals surface area contributed by atoms with E-state index in [0.717, 1.165) is 31.5 Å². The number of aromatic hydroxyl groups is 1. The Bertz CT molecular complexity index is 472. The van der Waals surface area contributed by atoms with E-state index in [1.807, 2.05) is 11.8 Å². The Hall–Kier alpha value is -1.55. The molecule has 2 rings (SSSR count). The first-order chi connectivity index (χ1) is 8.99. The van der Waals surface area contributed by atoms with Crippen molar-refractivity contribution in [3.05, 3.63) is 29.3 Å². The Morgan fingerprint density at radius 2 is 2.21 bits per heavy atom. The van der Waals surface area contributed by atoms with Crippen LogP contribution in [0.3, 0.4) is 0 Å². The fourth-order valence-electron chi connectivity index (χ4n) is 2.84. The van der Waals surface area contributed by atoms with Crippen LogP contribution in [0.1, 0.15) is 36.9 Å². The molecule has 1 aromatic carbocycles. The summed E-state index contributed by atoms with van der Waals surface area (Å²) >= 11 is 0. The molecule has 0 spiro atoms. The molecule has 0 radical (unpaired) electrons. The van der Waals surface area contributed by atoms with Crippen LogP contribution in [0.5, 0.6) is 5.75 Å². The van der Waals surface area contributed by atoms with E-state index in [1.165, 1.54) is 0 Å². The van der Waals surface area contributed by atoms with Gasteiger partial charge in [-0.05, 0) is 38.3 Å². The number of phenolic OH excluding ortho intramolecular Hbond substituents is 1. The number of aryl methyl sites for hydroxylation is 1. The van der Waals surface area contributed by atoms with E-state index in [1.54, 1.807) is 18.2 Å². The molecule has 1 heterocycles. The Balaban J connectivity index is 2.34. The number of benzene rings is 1. The molecule has 0 saturated carbocycles. The average molecular weight is 263 g/mol. The van der Waals surface area contributed by atoms with Crippen LogP contribution in [-0.4, -0.2) is 34.2 Å². The largest absolute Gasteiger partial charge is 0.508 e. The van der Waals surface area contributed by atoms with Gasteiger partial charge in [0.05, 0.1) is 0 Å². The minimum absolute atomic E-state index is 0.0660. The number of hydrogen-bond acceptors (Lipinski definition) is 3. The quantitative estimate of drug-likeness (QED) is 0.880. The zero-order valence-corrected chi connectivity index (χ0v) is 11.5. The van der Waals surface area contributed by atoms with E-state index >= 15 is 0 Å². The van der Waals surface area contributed by atoms with Gasteiger partial charge in [0.2, 0.25) is 0 Å². The molecule has 1 saturated heterocycles. The van der Waals surface area contributed by atoms with Gasteiger partial charge in [0, 0.05) is 12.1 Å². The highest BCUT2D eigenvalue weighted by Gasteiger charge is 2.32. The van der Waals surface area contributed by atoms with Crippen LogP contribution in [0.4, 0.5) is 0 Å². The van der Waals surface area contributed by atoms with Crippen molar-refractivity contribution in [1.29, 1.82) is 0 Å². The van der Waals surface area contributed by atoms with Crippen LogP contribution in [0, 0.1) is 12.8 Å². The van der Waals surface area contributed by atoms with E-state index in [9.17, 15) is 15.0 Å². The lowest BCUT2D eigenvalue weighted by Crippen LogP contribution is -2.40. The molecule has 0 amide bonds. The van der Waals surface area contributed by atoms with Crippen molar-refractivity contribution in [1.82, 2.24) is 4.90 Å². The average Bonchev–Trinajstić information content (AvgIpc) is 2.33. The number of nitrogens with zero attached hydrogens (tertiary/aromatic N) is 1. The standard InChI is InChI=1S/C15H21NO3/c1-10-5-6-13(17)12(8-10)14(15(18)19)16-7-3-4-11(2)9-16/h5-6,8,11,14,17H,3-4,7,9H2,1-2H3,(H,18,19). The van der Waals surface area contributed by atoms with Crippen molar-refractivity contribution in [2.24, 2.45) is 5.92 Å². The normalized spacial score (nSPS) is 22.1. The lowest BCUT2D eigenvalue weighted by atomic mass is 9.95. The molecule has 1 aliphatic rings. The third-order valence-electron chi connectivity index (χ3n) is 3.77. The maximum absolute atomic E-state index is 11.6. The number of phenols is 1. The van der Waals surface area contributed by atoms with E-state index in [2.05, 4.69) is 6.92 Å². The third kappa shape index (κ3) is 3.07. The minimum atomic E-state index is -0.894. The second-order valence-electron chi connectivity index (χ2n) is 5.55. The summed E-state index contributed by atoms with van der Waals surface area (Å²) in [7, 11) is 0. The molecule has 1 fully saturated rings. The number of hydrogen-bond donors (Lipinski definition) is 2. The summed E-state index contributed by atoms with van der Waals surface area (Å²) in [6, 6.07) is 4.39. The molecule has 4 heteroatoms. The van der Waals surface area contributed by atoms with Crippen LogP contribution in [0.2, 0.25) is 0 Å². The van der Waals surface area contributed by atoms with Crippen molar-refractivity contribution < 1.29 is 15.0 Å². The van der Waals surface area contributed by atoms with Crippen LogP contribution in [0.25, 0.3) is 0 Å². The maximum Gasteiger partial charge on any atom is 0.325 e. The highest BCUT2D eigenvalue weighted by molar-refractivity contribution is 5.76. The lowest BCUT2D eigenvalue weighted by Gasteiger charge is -2.35. The molecule has 0 aromatic heterocycles. The second-order valence-corrected chi connectivity index (χ2v) is 5.55. The van der Waals surface area contributed by atoms with Crippen molar-refractivity contribution in [3.8, 4) is 5.75 Å². The number of carboxylic acids is 1. The summed E-state index contributed by atoms with van der Waals surface area (Å²) in [4.78, 5) is 13.6.